The highest BCUT2D eigenvalue weighted by Gasteiger charge is 2.43. The monoisotopic (exact) mass is 652 g/mol. The quantitative estimate of drug-likeness (QED) is 0.138. The minimum Gasteiger partial charge on any atom is -0.307 e. The van der Waals surface area contributed by atoms with Gasteiger partial charge in [-0.05, 0) is 62.7 Å². The fraction of sp³-hybridized carbons (Fsp3) is 0. The summed E-state index contributed by atoms with van der Waals surface area (Å²) in [5.74, 6) is 0. The number of aromatic nitrogens is 1. The van der Waals surface area contributed by atoms with Gasteiger partial charge in [-0.3, -0.25) is 0 Å². The highest BCUT2D eigenvalue weighted by Crippen LogP contribution is 2.38. The summed E-state index contributed by atoms with van der Waals surface area (Å²) in [7, 11) is -2.96. The summed E-state index contributed by atoms with van der Waals surface area (Å²) in [6, 6.07) is 64.8. The number of para-hydroxylation sites is 2. The SMILES string of the molecule is N#Cc1ccc2c(c1)c1ccccc1n2-c1c(C#N)cccc1-c1ccc([Si](c2ccccc2)(c2ccccc2)c2ccccc2)c(C#N)c1. The Hall–Kier alpha value is -6.97. The van der Waals surface area contributed by atoms with E-state index in [0.717, 1.165) is 43.8 Å². The van der Waals surface area contributed by atoms with Crippen LogP contribution in [0, 0.1) is 34.0 Å². The van der Waals surface area contributed by atoms with Crippen molar-refractivity contribution in [3.05, 3.63) is 187 Å². The second kappa shape index (κ2) is 12.6. The van der Waals surface area contributed by atoms with E-state index in [9.17, 15) is 15.8 Å². The predicted molar refractivity (Wildman–Crippen MR) is 204 cm³/mol. The molecule has 0 amide bonds. The molecular formula is C45H28N4Si. The van der Waals surface area contributed by atoms with Crippen LogP contribution in [0.2, 0.25) is 0 Å². The van der Waals surface area contributed by atoms with Gasteiger partial charge in [0.2, 0.25) is 0 Å². The molecule has 0 saturated carbocycles. The molecule has 0 fully saturated rings. The van der Waals surface area contributed by atoms with E-state index < -0.39 is 8.07 Å². The third kappa shape index (κ3) is 4.72. The van der Waals surface area contributed by atoms with E-state index in [0.29, 0.717) is 16.7 Å². The van der Waals surface area contributed by atoms with Crippen LogP contribution >= 0.6 is 0 Å². The molecule has 5 heteroatoms. The van der Waals surface area contributed by atoms with Crippen molar-refractivity contribution in [3.63, 3.8) is 0 Å². The van der Waals surface area contributed by atoms with Gasteiger partial charge in [0.25, 0.3) is 0 Å². The summed E-state index contributed by atoms with van der Waals surface area (Å²) in [6.45, 7) is 0. The first-order valence-electron chi connectivity index (χ1n) is 16.4. The highest BCUT2D eigenvalue weighted by molar-refractivity contribution is 7.20. The summed E-state index contributed by atoms with van der Waals surface area (Å²) >= 11 is 0. The molecule has 8 aromatic rings. The number of nitriles is 3. The first kappa shape index (κ1) is 30.4. The molecule has 0 radical (unpaired) electrons. The Bertz CT molecular complexity index is 2580. The van der Waals surface area contributed by atoms with Crippen molar-refractivity contribution in [2.75, 3.05) is 0 Å². The molecule has 4 nitrogen and oxygen atoms in total. The second-order valence-corrected chi connectivity index (χ2v) is 16.0. The summed E-state index contributed by atoms with van der Waals surface area (Å²) in [4.78, 5) is 0. The Balaban J connectivity index is 1.43. The fourth-order valence-electron chi connectivity index (χ4n) is 7.55. The van der Waals surface area contributed by atoms with E-state index in [1.54, 1.807) is 0 Å². The van der Waals surface area contributed by atoms with Crippen LogP contribution in [-0.4, -0.2) is 12.6 Å². The largest absolute Gasteiger partial charge is 0.307 e. The third-order valence-corrected chi connectivity index (χ3v) is 14.5. The second-order valence-electron chi connectivity index (χ2n) is 12.2. The van der Waals surface area contributed by atoms with E-state index in [-0.39, 0.29) is 0 Å². The predicted octanol–water partition coefficient (Wildman–Crippen LogP) is 7.44. The number of benzene rings is 7. The zero-order chi connectivity index (χ0) is 34.1. The Morgan fingerprint density at radius 1 is 0.440 bits per heavy atom. The number of hydrogen-bond acceptors (Lipinski definition) is 3. The summed E-state index contributed by atoms with van der Waals surface area (Å²) in [6.07, 6.45) is 0. The van der Waals surface area contributed by atoms with Gasteiger partial charge >= 0.3 is 0 Å². The van der Waals surface area contributed by atoms with Gasteiger partial charge in [0, 0.05) is 16.3 Å². The van der Waals surface area contributed by atoms with Gasteiger partial charge in [-0.1, -0.05) is 133 Å². The molecule has 0 atom stereocenters. The van der Waals surface area contributed by atoms with Crippen LogP contribution in [0.5, 0.6) is 0 Å². The summed E-state index contributed by atoms with van der Waals surface area (Å²) in [5, 5.41) is 37.7. The van der Waals surface area contributed by atoms with Crippen molar-refractivity contribution in [3.8, 4) is 35.0 Å². The molecule has 0 aliphatic rings. The smallest absolute Gasteiger partial charge is 0.180 e. The van der Waals surface area contributed by atoms with Crippen LogP contribution in [0.3, 0.4) is 0 Å². The molecule has 0 bridgehead atoms. The van der Waals surface area contributed by atoms with Crippen LogP contribution in [-0.2, 0) is 0 Å². The number of hydrogen-bond donors (Lipinski definition) is 0. The Morgan fingerprint density at radius 3 is 1.62 bits per heavy atom. The zero-order valence-corrected chi connectivity index (χ0v) is 28.0. The summed E-state index contributed by atoms with van der Waals surface area (Å²) in [5.41, 5.74) is 5.93. The molecule has 0 aliphatic heterocycles. The average molecular weight is 653 g/mol. The average Bonchev–Trinajstić information content (AvgIpc) is 3.52. The topological polar surface area (TPSA) is 76.3 Å². The highest BCUT2D eigenvalue weighted by atomic mass is 28.3. The number of rotatable bonds is 6. The van der Waals surface area contributed by atoms with E-state index >= 15 is 0 Å². The normalized spacial score (nSPS) is 11.1. The van der Waals surface area contributed by atoms with Gasteiger partial charge in [-0.15, -0.1) is 0 Å². The van der Waals surface area contributed by atoms with E-state index in [2.05, 4.69) is 108 Å². The molecule has 232 valence electrons. The van der Waals surface area contributed by atoms with Crippen molar-refractivity contribution in [2.24, 2.45) is 0 Å². The molecule has 1 aromatic heterocycles. The van der Waals surface area contributed by atoms with Gasteiger partial charge in [-0.25, -0.2) is 0 Å². The van der Waals surface area contributed by atoms with Crippen LogP contribution in [0.15, 0.2) is 170 Å². The van der Waals surface area contributed by atoms with Gasteiger partial charge < -0.3 is 4.57 Å². The lowest BCUT2D eigenvalue weighted by atomic mass is 9.98. The fourth-order valence-corrected chi connectivity index (χ4v) is 12.4. The van der Waals surface area contributed by atoms with Gasteiger partial charge in [0.05, 0.1) is 45.5 Å². The standard InChI is InChI=1S/C45H28N4Si/c46-29-32-23-25-43-41(27-32)40-20-10-11-22-42(40)49(43)45-34(30-47)13-12-21-39(45)33-24-26-44(35(28-33)31-48)50(36-14-4-1-5-15-36,37-16-6-2-7-17-37)38-18-8-3-9-19-38/h1-28H. The van der Waals surface area contributed by atoms with Gasteiger partial charge in [0.1, 0.15) is 6.07 Å². The summed E-state index contributed by atoms with van der Waals surface area (Å²) < 4.78 is 2.12. The minimum atomic E-state index is -2.96. The van der Waals surface area contributed by atoms with Gasteiger partial charge in [0.15, 0.2) is 8.07 Å². The molecule has 0 spiro atoms. The van der Waals surface area contributed by atoms with Crippen LogP contribution in [0.25, 0.3) is 38.6 Å². The lowest BCUT2D eigenvalue weighted by Crippen LogP contribution is -2.75. The molecule has 50 heavy (non-hydrogen) atoms. The third-order valence-electron chi connectivity index (χ3n) is 9.66. The van der Waals surface area contributed by atoms with Crippen LogP contribution < -0.4 is 20.7 Å². The maximum absolute atomic E-state index is 11.0. The molecule has 7 aromatic carbocycles. The Kier molecular flexibility index (Phi) is 7.63. The van der Waals surface area contributed by atoms with Crippen molar-refractivity contribution in [1.82, 2.24) is 4.57 Å². The van der Waals surface area contributed by atoms with Crippen molar-refractivity contribution in [1.29, 1.82) is 15.8 Å². The zero-order valence-electron chi connectivity index (χ0n) is 27.0. The maximum atomic E-state index is 11.0. The van der Waals surface area contributed by atoms with E-state index in [4.69, 9.17) is 0 Å². The van der Waals surface area contributed by atoms with E-state index in [1.807, 2.05) is 84.9 Å². The molecule has 0 saturated heterocycles. The first-order chi connectivity index (χ1) is 24.7. The molecule has 0 unspecified atom stereocenters. The molecule has 8 rings (SSSR count). The van der Waals surface area contributed by atoms with Crippen LogP contribution in [0.4, 0.5) is 0 Å². The van der Waals surface area contributed by atoms with Crippen molar-refractivity contribution < 1.29 is 0 Å². The molecular weight excluding hydrogens is 625 g/mol. The Labute approximate surface area is 291 Å². The van der Waals surface area contributed by atoms with E-state index in [1.165, 1.54) is 15.6 Å². The van der Waals surface area contributed by atoms with Crippen LogP contribution in [0.1, 0.15) is 16.7 Å². The lowest BCUT2D eigenvalue weighted by molar-refractivity contribution is 1.17. The molecule has 1 heterocycles. The minimum absolute atomic E-state index is 0.513. The van der Waals surface area contributed by atoms with Gasteiger partial charge in [-0.2, -0.15) is 15.8 Å². The first-order valence-corrected chi connectivity index (χ1v) is 18.4. The van der Waals surface area contributed by atoms with Crippen molar-refractivity contribution in [2.45, 2.75) is 0 Å². The Morgan fingerprint density at radius 2 is 1.02 bits per heavy atom. The number of nitrogens with zero attached hydrogens (tertiary/aromatic N) is 4. The number of fused-ring (bicyclic) bond motifs is 3. The molecule has 0 N–H and O–H groups in total. The maximum Gasteiger partial charge on any atom is 0.180 e. The van der Waals surface area contributed by atoms with Crippen molar-refractivity contribution >= 4 is 50.6 Å². The molecule has 0 aliphatic carbocycles. The lowest BCUT2D eigenvalue weighted by Gasteiger charge is -2.35.